The van der Waals surface area contributed by atoms with Crippen LogP contribution in [0.3, 0.4) is 0 Å². The molecule has 5 heteroatoms. The fraction of sp³-hybridized carbons (Fsp3) is 0.357. The molecule has 0 spiro atoms. The lowest BCUT2D eigenvalue weighted by Crippen LogP contribution is -2.39. The quantitative estimate of drug-likeness (QED) is 0.796. The first kappa shape index (κ1) is 11.0. The molecule has 2 aromatic rings. The highest BCUT2D eigenvalue weighted by atomic mass is 19.1. The van der Waals surface area contributed by atoms with Crippen LogP contribution in [0.2, 0.25) is 0 Å². The van der Waals surface area contributed by atoms with Crippen molar-refractivity contribution < 1.29 is 13.9 Å². The number of rotatable bonds is 1. The number of carbonyl (C=O) groups excluding carboxylic acids is 1. The first-order valence-electron chi connectivity index (χ1n) is 6.44. The SMILES string of the molecule is O=C(c1cc2cc(F)ccc2[nH]1)N1CC[C@@H]2O[C@@H]2C1. The van der Waals surface area contributed by atoms with Gasteiger partial charge in [0.2, 0.25) is 0 Å². The summed E-state index contributed by atoms with van der Waals surface area (Å²) in [7, 11) is 0. The summed E-state index contributed by atoms with van der Waals surface area (Å²) in [5.41, 5.74) is 1.29. The monoisotopic (exact) mass is 260 g/mol. The summed E-state index contributed by atoms with van der Waals surface area (Å²) in [5.74, 6) is -0.330. The number of H-pyrrole nitrogens is 1. The largest absolute Gasteiger partial charge is 0.368 e. The summed E-state index contributed by atoms with van der Waals surface area (Å²) in [5, 5.41) is 0.723. The highest BCUT2D eigenvalue weighted by molar-refractivity contribution is 5.98. The lowest BCUT2D eigenvalue weighted by molar-refractivity contribution is 0.0731. The molecule has 2 aliphatic heterocycles. The van der Waals surface area contributed by atoms with E-state index in [1.807, 2.05) is 0 Å². The van der Waals surface area contributed by atoms with E-state index >= 15 is 0 Å². The Hall–Kier alpha value is -1.88. The van der Waals surface area contributed by atoms with E-state index in [0.29, 0.717) is 18.3 Å². The van der Waals surface area contributed by atoms with E-state index in [-0.39, 0.29) is 17.8 Å². The van der Waals surface area contributed by atoms with Gasteiger partial charge in [-0.1, -0.05) is 0 Å². The molecule has 0 unspecified atom stereocenters. The first-order chi connectivity index (χ1) is 9.20. The average Bonchev–Trinajstić information content (AvgIpc) is 3.07. The molecule has 0 saturated carbocycles. The number of hydrogen-bond donors (Lipinski definition) is 1. The molecule has 3 heterocycles. The summed E-state index contributed by atoms with van der Waals surface area (Å²) in [4.78, 5) is 17.2. The van der Waals surface area contributed by atoms with Crippen LogP contribution in [0.25, 0.3) is 10.9 Å². The lowest BCUT2D eigenvalue weighted by atomic mass is 10.1. The van der Waals surface area contributed by atoms with Gasteiger partial charge in [0.1, 0.15) is 17.6 Å². The molecular weight excluding hydrogens is 247 g/mol. The van der Waals surface area contributed by atoms with Gasteiger partial charge in [-0.05, 0) is 30.7 Å². The van der Waals surface area contributed by atoms with Crippen LogP contribution in [0.1, 0.15) is 16.9 Å². The molecule has 0 aliphatic carbocycles. The Labute approximate surface area is 109 Å². The minimum absolute atomic E-state index is 0.0365. The van der Waals surface area contributed by atoms with E-state index in [2.05, 4.69) is 4.98 Å². The Morgan fingerprint density at radius 3 is 3.11 bits per heavy atom. The summed E-state index contributed by atoms with van der Waals surface area (Å²) >= 11 is 0. The topological polar surface area (TPSA) is 48.6 Å². The maximum Gasteiger partial charge on any atom is 0.270 e. The number of hydrogen-bond acceptors (Lipinski definition) is 2. The number of fused-ring (bicyclic) bond motifs is 2. The van der Waals surface area contributed by atoms with Crippen molar-refractivity contribution >= 4 is 16.8 Å². The maximum atomic E-state index is 13.1. The molecule has 4 rings (SSSR count). The third kappa shape index (κ3) is 1.81. The van der Waals surface area contributed by atoms with Crippen LogP contribution in [0.5, 0.6) is 0 Å². The number of ether oxygens (including phenoxy) is 1. The number of epoxide rings is 1. The predicted octanol–water partition coefficient (Wildman–Crippen LogP) is 1.92. The van der Waals surface area contributed by atoms with Gasteiger partial charge >= 0.3 is 0 Å². The molecule has 2 saturated heterocycles. The molecule has 1 amide bonds. The Balaban J connectivity index is 1.63. The van der Waals surface area contributed by atoms with Crippen LogP contribution in [-0.4, -0.2) is 41.1 Å². The van der Waals surface area contributed by atoms with E-state index in [4.69, 9.17) is 4.74 Å². The van der Waals surface area contributed by atoms with Crippen molar-refractivity contribution in [3.63, 3.8) is 0 Å². The van der Waals surface area contributed by atoms with Crippen LogP contribution in [0, 0.1) is 5.82 Å². The molecule has 2 fully saturated rings. The number of nitrogens with one attached hydrogen (secondary N) is 1. The van der Waals surface area contributed by atoms with Gasteiger partial charge in [-0.15, -0.1) is 0 Å². The summed E-state index contributed by atoms with van der Waals surface area (Å²) in [6.07, 6.45) is 1.49. The van der Waals surface area contributed by atoms with Crippen LogP contribution in [0.15, 0.2) is 24.3 Å². The second kappa shape index (κ2) is 3.81. The predicted molar refractivity (Wildman–Crippen MR) is 67.4 cm³/mol. The van der Waals surface area contributed by atoms with E-state index in [9.17, 15) is 9.18 Å². The number of amides is 1. The Bertz CT molecular complexity index is 667. The maximum absolute atomic E-state index is 13.1. The van der Waals surface area contributed by atoms with Gasteiger partial charge in [0.15, 0.2) is 0 Å². The number of carbonyl (C=O) groups is 1. The molecule has 4 nitrogen and oxygen atoms in total. The smallest absolute Gasteiger partial charge is 0.270 e. The Kier molecular flexibility index (Phi) is 2.20. The second-order valence-corrected chi connectivity index (χ2v) is 5.17. The molecule has 0 bridgehead atoms. The number of aromatic amines is 1. The zero-order valence-electron chi connectivity index (χ0n) is 10.2. The van der Waals surface area contributed by atoms with Crippen molar-refractivity contribution in [1.82, 2.24) is 9.88 Å². The van der Waals surface area contributed by atoms with Gasteiger partial charge < -0.3 is 14.6 Å². The van der Waals surface area contributed by atoms with Crippen molar-refractivity contribution in [2.75, 3.05) is 13.1 Å². The summed E-state index contributed by atoms with van der Waals surface area (Å²) in [6.45, 7) is 1.39. The van der Waals surface area contributed by atoms with Gasteiger partial charge in [-0.25, -0.2) is 4.39 Å². The fourth-order valence-electron chi connectivity index (χ4n) is 2.76. The van der Waals surface area contributed by atoms with Crippen LogP contribution in [0.4, 0.5) is 4.39 Å². The average molecular weight is 260 g/mol. The van der Waals surface area contributed by atoms with Gasteiger partial charge in [0.25, 0.3) is 5.91 Å². The zero-order valence-corrected chi connectivity index (χ0v) is 10.2. The number of piperidine rings is 1. The number of likely N-dealkylation sites (tertiary alicyclic amines) is 1. The van der Waals surface area contributed by atoms with E-state index in [0.717, 1.165) is 23.9 Å². The molecule has 1 N–H and O–H groups in total. The van der Waals surface area contributed by atoms with Crippen molar-refractivity contribution in [1.29, 1.82) is 0 Å². The third-order valence-corrected chi connectivity index (χ3v) is 3.87. The van der Waals surface area contributed by atoms with E-state index in [1.165, 1.54) is 12.1 Å². The van der Waals surface area contributed by atoms with Crippen LogP contribution >= 0.6 is 0 Å². The third-order valence-electron chi connectivity index (χ3n) is 3.87. The van der Waals surface area contributed by atoms with Gasteiger partial charge in [-0.3, -0.25) is 4.79 Å². The Morgan fingerprint density at radius 2 is 2.26 bits per heavy atom. The lowest BCUT2D eigenvalue weighted by Gasteiger charge is -2.23. The number of nitrogens with zero attached hydrogens (tertiary/aromatic N) is 1. The molecule has 1 aromatic heterocycles. The summed E-state index contributed by atoms with van der Waals surface area (Å²) in [6, 6.07) is 6.17. The van der Waals surface area contributed by atoms with Gasteiger partial charge in [-0.2, -0.15) is 0 Å². The van der Waals surface area contributed by atoms with Crippen molar-refractivity contribution in [2.24, 2.45) is 0 Å². The first-order valence-corrected chi connectivity index (χ1v) is 6.44. The normalized spacial score (nSPS) is 25.4. The second-order valence-electron chi connectivity index (χ2n) is 5.17. The molecule has 2 atom stereocenters. The number of benzene rings is 1. The Morgan fingerprint density at radius 1 is 1.37 bits per heavy atom. The van der Waals surface area contributed by atoms with Gasteiger partial charge in [0.05, 0.1) is 6.10 Å². The van der Waals surface area contributed by atoms with Crippen LogP contribution < -0.4 is 0 Å². The molecule has 98 valence electrons. The van der Waals surface area contributed by atoms with Crippen molar-refractivity contribution in [3.8, 4) is 0 Å². The minimum Gasteiger partial charge on any atom is -0.368 e. The number of halogens is 1. The highest BCUT2D eigenvalue weighted by Crippen LogP contribution is 2.31. The van der Waals surface area contributed by atoms with Crippen molar-refractivity contribution in [2.45, 2.75) is 18.6 Å². The molecule has 19 heavy (non-hydrogen) atoms. The number of aromatic nitrogens is 1. The highest BCUT2D eigenvalue weighted by Gasteiger charge is 2.44. The van der Waals surface area contributed by atoms with Crippen LogP contribution in [-0.2, 0) is 4.74 Å². The molecular formula is C14H13FN2O2. The molecule has 0 radical (unpaired) electrons. The minimum atomic E-state index is -0.294. The van der Waals surface area contributed by atoms with E-state index in [1.54, 1.807) is 17.0 Å². The summed E-state index contributed by atoms with van der Waals surface area (Å²) < 4.78 is 18.5. The standard InChI is InChI=1S/C14H13FN2O2/c15-9-1-2-10-8(5-9)6-11(16-10)14(18)17-4-3-12-13(7-17)19-12/h1-2,5-6,12-13,16H,3-4,7H2/t12-,13+/m0/s1. The molecule has 1 aromatic carbocycles. The zero-order chi connectivity index (χ0) is 13.0. The van der Waals surface area contributed by atoms with Gasteiger partial charge in [0, 0.05) is 24.0 Å². The van der Waals surface area contributed by atoms with Crippen molar-refractivity contribution in [3.05, 3.63) is 35.8 Å². The molecule has 2 aliphatic rings. The van der Waals surface area contributed by atoms with E-state index < -0.39 is 0 Å². The fourth-order valence-corrected chi connectivity index (χ4v) is 2.76.